The van der Waals surface area contributed by atoms with E-state index in [4.69, 9.17) is 4.74 Å². The van der Waals surface area contributed by atoms with Gasteiger partial charge in [-0.25, -0.2) is 4.79 Å². The number of benzene rings is 1. The van der Waals surface area contributed by atoms with Gasteiger partial charge >= 0.3 is 5.97 Å². The van der Waals surface area contributed by atoms with E-state index in [9.17, 15) is 19.7 Å². The van der Waals surface area contributed by atoms with E-state index in [1.54, 1.807) is 6.07 Å². The van der Waals surface area contributed by atoms with Crippen molar-refractivity contribution in [3.63, 3.8) is 0 Å². The molecule has 0 aromatic heterocycles. The number of nitro benzene ring substituents is 1. The molecule has 1 amide bonds. The van der Waals surface area contributed by atoms with Gasteiger partial charge in [0, 0.05) is 25.2 Å². The standard InChI is InChI=1S/C21H29N3O5/c1-14-6-5-7-17(15(14)2)22-20(25)13-29-21(26)16-8-9-18(19(12-16)24(27)28)23-10-3-4-11-23/h8-9,12,14-15,17H,3-7,10-11,13H2,1-2H3,(H,22,25)/t14-,15+,17+/m1/s1. The number of nitro groups is 1. The van der Waals surface area contributed by atoms with Gasteiger partial charge < -0.3 is 15.0 Å². The first-order valence-corrected chi connectivity index (χ1v) is 10.4. The second-order valence-electron chi connectivity index (χ2n) is 8.17. The summed E-state index contributed by atoms with van der Waals surface area (Å²) in [4.78, 5) is 37.5. The van der Waals surface area contributed by atoms with E-state index in [0.29, 0.717) is 17.5 Å². The minimum Gasteiger partial charge on any atom is -0.452 e. The Kier molecular flexibility index (Phi) is 6.71. The molecule has 1 saturated heterocycles. The van der Waals surface area contributed by atoms with Crippen LogP contribution in [0.3, 0.4) is 0 Å². The van der Waals surface area contributed by atoms with Crippen molar-refractivity contribution in [2.75, 3.05) is 24.6 Å². The molecular weight excluding hydrogens is 374 g/mol. The molecule has 8 heteroatoms. The summed E-state index contributed by atoms with van der Waals surface area (Å²) in [6.45, 7) is 5.45. The van der Waals surface area contributed by atoms with Crippen LogP contribution < -0.4 is 10.2 Å². The molecule has 1 aliphatic heterocycles. The number of carbonyl (C=O) groups excluding carboxylic acids is 2. The molecule has 1 aliphatic carbocycles. The lowest BCUT2D eigenvalue weighted by Gasteiger charge is -2.34. The predicted molar refractivity (Wildman–Crippen MR) is 109 cm³/mol. The quantitative estimate of drug-likeness (QED) is 0.444. The molecule has 1 aromatic carbocycles. The van der Waals surface area contributed by atoms with Gasteiger partial charge in [0.1, 0.15) is 5.69 Å². The largest absolute Gasteiger partial charge is 0.452 e. The van der Waals surface area contributed by atoms with Crippen LogP contribution in [0.4, 0.5) is 11.4 Å². The summed E-state index contributed by atoms with van der Waals surface area (Å²) < 4.78 is 5.11. The molecule has 0 radical (unpaired) electrons. The first kappa shape index (κ1) is 21.1. The molecule has 1 N–H and O–H groups in total. The van der Waals surface area contributed by atoms with Crippen LogP contribution >= 0.6 is 0 Å². The molecule has 29 heavy (non-hydrogen) atoms. The SMILES string of the molecule is C[C@H]1[C@H](C)CCC[C@@H]1NC(=O)COC(=O)c1ccc(N2CCCC2)c([N+](=O)[O-])c1. The van der Waals surface area contributed by atoms with E-state index in [1.807, 2.05) is 4.90 Å². The van der Waals surface area contributed by atoms with E-state index < -0.39 is 17.5 Å². The Bertz CT molecular complexity index is 776. The second-order valence-corrected chi connectivity index (χ2v) is 8.17. The Morgan fingerprint density at radius 2 is 1.93 bits per heavy atom. The summed E-state index contributed by atoms with van der Waals surface area (Å²) in [6, 6.07) is 4.43. The van der Waals surface area contributed by atoms with Crippen molar-refractivity contribution in [2.24, 2.45) is 11.8 Å². The molecular formula is C21H29N3O5. The summed E-state index contributed by atoms with van der Waals surface area (Å²) in [7, 11) is 0. The van der Waals surface area contributed by atoms with Gasteiger partial charge in [-0.1, -0.05) is 26.7 Å². The second kappa shape index (κ2) is 9.24. The normalized spacial score (nSPS) is 24.2. The van der Waals surface area contributed by atoms with Crippen molar-refractivity contribution < 1.29 is 19.2 Å². The van der Waals surface area contributed by atoms with Crippen LogP contribution in [0.1, 0.15) is 56.3 Å². The predicted octanol–water partition coefficient (Wildman–Crippen LogP) is 3.29. The summed E-state index contributed by atoms with van der Waals surface area (Å²) in [5, 5.41) is 14.4. The van der Waals surface area contributed by atoms with Gasteiger partial charge in [-0.15, -0.1) is 0 Å². The maximum Gasteiger partial charge on any atom is 0.338 e. The lowest BCUT2D eigenvalue weighted by molar-refractivity contribution is -0.384. The Labute approximate surface area is 170 Å². The molecule has 1 heterocycles. The maximum absolute atomic E-state index is 12.3. The van der Waals surface area contributed by atoms with Crippen molar-refractivity contribution in [3.05, 3.63) is 33.9 Å². The lowest BCUT2D eigenvalue weighted by atomic mass is 9.78. The third-order valence-electron chi connectivity index (χ3n) is 6.24. The lowest BCUT2D eigenvalue weighted by Crippen LogP contribution is -2.45. The van der Waals surface area contributed by atoms with Crippen molar-refractivity contribution in [3.8, 4) is 0 Å². The Balaban J connectivity index is 1.59. The number of anilines is 1. The molecule has 1 saturated carbocycles. The summed E-state index contributed by atoms with van der Waals surface area (Å²) >= 11 is 0. The highest BCUT2D eigenvalue weighted by atomic mass is 16.6. The number of esters is 1. The van der Waals surface area contributed by atoms with E-state index in [-0.39, 0.29) is 23.2 Å². The topological polar surface area (TPSA) is 102 Å². The fourth-order valence-corrected chi connectivity index (χ4v) is 4.27. The molecule has 3 rings (SSSR count). The smallest absolute Gasteiger partial charge is 0.338 e. The number of amides is 1. The van der Waals surface area contributed by atoms with Gasteiger partial charge in [-0.05, 0) is 43.2 Å². The molecule has 2 aliphatic rings. The molecule has 0 bridgehead atoms. The first-order valence-electron chi connectivity index (χ1n) is 10.4. The Morgan fingerprint density at radius 3 is 2.62 bits per heavy atom. The fourth-order valence-electron chi connectivity index (χ4n) is 4.27. The monoisotopic (exact) mass is 403 g/mol. The van der Waals surface area contributed by atoms with Crippen molar-refractivity contribution in [1.82, 2.24) is 5.32 Å². The average Bonchev–Trinajstić information content (AvgIpc) is 3.24. The zero-order valence-electron chi connectivity index (χ0n) is 17.1. The molecule has 0 unspecified atom stereocenters. The number of nitrogens with zero attached hydrogens (tertiary/aromatic N) is 2. The van der Waals surface area contributed by atoms with Crippen LogP contribution in [0.15, 0.2) is 18.2 Å². The van der Waals surface area contributed by atoms with Gasteiger partial charge in [-0.2, -0.15) is 0 Å². The zero-order chi connectivity index (χ0) is 21.0. The molecule has 2 fully saturated rings. The fraction of sp³-hybridized carbons (Fsp3) is 0.619. The third kappa shape index (κ3) is 5.05. The van der Waals surface area contributed by atoms with Gasteiger partial charge in [0.15, 0.2) is 6.61 Å². The maximum atomic E-state index is 12.3. The van der Waals surface area contributed by atoms with Crippen molar-refractivity contribution in [1.29, 1.82) is 0 Å². The van der Waals surface area contributed by atoms with Crippen LogP contribution in [0, 0.1) is 22.0 Å². The average molecular weight is 403 g/mol. The van der Waals surface area contributed by atoms with E-state index in [1.165, 1.54) is 12.1 Å². The number of carbonyl (C=O) groups is 2. The Hall–Kier alpha value is -2.64. The number of hydrogen-bond donors (Lipinski definition) is 1. The molecule has 3 atom stereocenters. The molecule has 8 nitrogen and oxygen atoms in total. The zero-order valence-corrected chi connectivity index (χ0v) is 17.1. The minimum atomic E-state index is -0.735. The number of ether oxygens (including phenoxy) is 1. The number of hydrogen-bond acceptors (Lipinski definition) is 6. The van der Waals surface area contributed by atoms with Crippen molar-refractivity contribution in [2.45, 2.75) is 52.0 Å². The van der Waals surface area contributed by atoms with Gasteiger partial charge in [0.05, 0.1) is 10.5 Å². The van der Waals surface area contributed by atoms with Gasteiger partial charge in [0.2, 0.25) is 0 Å². The number of rotatable bonds is 6. The minimum absolute atomic E-state index is 0.0760. The van der Waals surface area contributed by atoms with Crippen molar-refractivity contribution >= 4 is 23.3 Å². The summed E-state index contributed by atoms with van der Waals surface area (Å²) in [5.74, 6) is -0.149. The van der Waals surface area contributed by atoms with Crippen LogP contribution in [0.25, 0.3) is 0 Å². The van der Waals surface area contributed by atoms with E-state index in [2.05, 4.69) is 19.2 Å². The van der Waals surface area contributed by atoms with E-state index in [0.717, 1.165) is 45.2 Å². The van der Waals surface area contributed by atoms with Gasteiger partial charge in [0.25, 0.3) is 11.6 Å². The third-order valence-corrected chi connectivity index (χ3v) is 6.24. The summed E-state index contributed by atoms with van der Waals surface area (Å²) in [6.07, 6.45) is 5.15. The molecule has 1 aromatic rings. The highest BCUT2D eigenvalue weighted by Gasteiger charge is 2.29. The van der Waals surface area contributed by atoms with Crippen LogP contribution in [-0.2, 0) is 9.53 Å². The van der Waals surface area contributed by atoms with Crippen LogP contribution in [-0.4, -0.2) is 42.5 Å². The summed E-state index contributed by atoms with van der Waals surface area (Å²) in [5.41, 5.74) is 0.477. The van der Waals surface area contributed by atoms with E-state index >= 15 is 0 Å². The first-order chi connectivity index (χ1) is 13.9. The number of nitrogens with one attached hydrogen (secondary N) is 1. The highest BCUT2D eigenvalue weighted by Crippen LogP contribution is 2.32. The molecule has 0 spiro atoms. The Morgan fingerprint density at radius 1 is 1.21 bits per heavy atom. The van der Waals surface area contributed by atoms with Gasteiger partial charge in [-0.3, -0.25) is 14.9 Å². The highest BCUT2D eigenvalue weighted by molar-refractivity contribution is 5.93. The van der Waals surface area contributed by atoms with Crippen LogP contribution in [0.5, 0.6) is 0 Å². The van der Waals surface area contributed by atoms with Crippen LogP contribution in [0.2, 0.25) is 0 Å². The molecule has 158 valence electrons.